The Hall–Kier alpha value is -1.54. The monoisotopic (exact) mass is 346 g/mol. The van der Waals surface area contributed by atoms with Crippen molar-refractivity contribution in [3.05, 3.63) is 35.4 Å². The van der Waals surface area contributed by atoms with Crippen LogP contribution in [0.3, 0.4) is 0 Å². The molecule has 1 aliphatic rings. The van der Waals surface area contributed by atoms with Gasteiger partial charge >= 0.3 is 0 Å². The molecule has 1 saturated heterocycles. The maximum absolute atomic E-state index is 13.7. The van der Waals surface area contributed by atoms with Gasteiger partial charge in [-0.25, -0.2) is 21.5 Å². The number of hydrogen-bond acceptors (Lipinski definition) is 3. The number of halogens is 2. The Labute approximate surface area is 134 Å². The van der Waals surface area contributed by atoms with Crippen molar-refractivity contribution >= 4 is 15.9 Å². The van der Waals surface area contributed by atoms with Gasteiger partial charge in [-0.3, -0.25) is 4.79 Å². The first-order chi connectivity index (χ1) is 10.8. The molecule has 1 aromatic carbocycles. The number of amides is 1. The average Bonchev–Trinajstić information content (AvgIpc) is 2.53. The van der Waals surface area contributed by atoms with Crippen LogP contribution in [0.2, 0.25) is 0 Å². The summed E-state index contributed by atoms with van der Waals surface area (Å²) in [6.07, 6.45) is 0.981. The molecule has 0 atom stereocenters. The van der Waals surface area contributed by atoms with Crippen LogP contribution in [0, 0.1) is 11.6 Å². The SMILES string of the molecule is CCS(=O)(=O)N(C)C1CCN(C(=O)c2ccc(F)cc2F)CC1. The largest absolute Gasteiger partial charge is 0.338 e. The third-order valence-corrected chi connectivity index (χ3v) is 6.14. The zero-order valence-electron chi connectivity index (χ0n) is 13.1. The van der Waals surface area contributed by atoms with Crippen LogP contribution < -0.4 is 0 Å². The number of sulfonamides is 1. The van der Waals surface area contributed by atoms with E-state index >= 15 is 0 Å². The van der Waals surface area contributed by atoms with Crippen LogP contribution in [0.5, 0.6) is 0 Å². The molecular formula is C15H20F2N2O3S. The van der Waals surface area contributed by atoms with E-state index in [4.69, 9.17) is 0 Å². The Kier molecular flexibility index (Phi) is 5.36. The fraction of sp³-hybridized carbons (Fsp3) is 0.533. The lowest BCUT2D eigenvalue weighted by Crippen LogP contribution is -2.47. The van der Waals surface area contributed by atoms with Crippen molar-refractivity contribution in [2.45, 2.75) is 25.8 Å². The van der Waals surface area contributed by atoms with Gasteiger partial charge in [0.1, 0.15) is 11.6 Å². The predicted octanol–water partition coefficient (Wildman–Crippen LogP) is 1.85. The fourth-order valence-corrected chi connectivity index (χ4v) is 3.77. The molecule has 5 nitrogen and oxygen atoms in total. The maximum atomic E-state index is 13.7. The first-order valence-electron chi connectivity index (χ1n) is 7.46. The maximum Gasteiger partial charge on any atom is 0.256 e. The summed E-state index contributed by atoms with van der Waals surface area (Å²) in [6.45, 7) is 2.26. The van der Waals surface area contributed by atoms with Gasteiger partial charge in [0.15, 0.2) is 0 Å². The van der Waals surface area contributed by atoms with Crippen LogP contribution in [0.4, 0.5) is 8.78 Å². The summed E-state index contributed by atoms with van der Waals surface area (Å²) >= 11 is 0. The van der Waals surface area contributed by atoms with E-state index in [-0.39, 0.29) is 17.4 Å². The summed E-state index contributed by atoms with van der Waals surface area (Å²) in [6, 6.07) is 2.70. The molecule has 0 aromatic heterocycles. The molecule has 0 bridgehead atoms. The number of likely N-dealkylation sites (tertiary alicyclic amines) is 1. The molecule has 0 unspecified atom stereocenters. The number of nitrogens with zero attached hydrogens (tertiary/aromatic N) is 2. The van der Waals surface area contributed by atoms with Crippen molar-refractivity contribution in [3.63, 3.8) is 0 Å². The lowest BCUT2D eigenvalue weighted by molar-refractivity contribution is 0.0681. The van der Waals surface area contributed by atoms with E-state index in [1.165, 1.54) is 9.21 Å². The van der Waals surface area contributed by atoms with Gasteiger partial charge in [0, 0.05) is 32.2 Å². The third-order valence-electron chi connectivity index (χ3n) is 4.23. The van der Waals surface area contributed by atoms with Crippen LogP contribution in [-0.4, -0.2) is 55.5 Å². The molecule has 0 saturated carbocycles. The van der Waals surface area contributed by atoms with Gasteiger partial charge in [0.25, 0.3) is 5.91 Å². The molecule has 128 valence electrons. The van der Waals surface area contributed by atoms with Gasteiger partial charge in [-0.2, -0.15) is 0 Å². The first kappa shape index (κ1) is 17.8. The summed E-state index contributed by atoms with van der Waals surface area (Å²) in [5.74, 6) is -2.09. The molecule has 0 radical (unpaired) electrons. The molecule has 1 aliphatic heterocycles. The van der Waals surface area contributed by atoms with Crippen LogP contribution in [0.25, 0.3) is 0 Å². The number of benzene rings is 1. The van der Waals surface area contributed by atoms with E-state index in [1.807, 2.05) is 0 Å². The minimum absolute atomic E-state index is 0.0312. The Morgan fingerprint density at radius 3 is 2.43 bits per heavy atom. The van der Waals surface area contributed by atoms with Gasteiger partial charge in [-0.05, 0) is 31.9 Å². The van der Waals surface area contributed by atoms with Crippen LogP contribution in [0.15, 0.2) is 18.2 Å². The van der Waals surface area contributed by atoms with Crippen molar-refractivity contribution in [1.29, 1.82) is 0 Å². The molecule has 1 aromatic rings. The number of hydrogen-bond donors (Lipinski definition) is 0. The van der Waals surface area contributed by atoms with E-state index in [2.05, 4.69) is 0 Å². The molecule has 1 amide bonds. The van der Waals surface area contributed by atoms with E-state index in [9.17, 15) is 22.0 Å². The smallest absolute Gasteiger partial charge is 0.256 e. The summed E-state index contributed by atoms with van der Waals surface area (Å²) in [5, 5.41) is 0. The zero-order valence-corrected chi connectivity index (χ0v) is 13.9. The lowest BCUT2D eigenvalue weighted by Gasteiger charge is -2.36. The second-order valence-corrected chi connectivity index (χ2v) is 7.88. The number of piperidine rings is 1. The topological polar surface area (TPSA) is 57.7 Å². The lowest BCUT2D eigenvalue weighted by atomic mass is 10.0. The zero-order chi connectivity index (χ0) is 17.2. The highest BCUT2D eigenvalue weighted by molar-refractivity contribution is 7.89. The second kappa shape index (κ2) is 6.92. The van der Waals surface area contributed by atoms with Gasteiger partial charge < -0.3 is 4.90 Å². The van der Waals surface area contributed by atoms with Crippen molar-refractivity contribution in [3.8, 4) is 0 Å². The van der Waals surface area contributed by atoms with Gasteiger partial charge in [0.05, 0.1) is 11.3 Å². The van der Waals surface area contributed by atoms with Crippen LogP contribution >= 0.6 is 0 Å². The predicted molar refractivity (Wildman–Crippen MR) is 82.5 cm³/mol. The summed E-state index contributed by atoms with van der Waals surface area (Å²) in [7, 11) is -1.73. The van der Waals surface area contributed by atoms with Crippen molar-refractivity contribution in [2.75, 3.05) is 25.9 Å². The third kappa shape index (κ3) is 3.87. The van der Waals surface area contributed by atoms with E-state index in [1.54, 1.807) is 14.0 Å². The minimum Gasteiger partial charge on any atom is -0.338 e. The highest BCUT2D eigenvalue weighted by Crippen LogP contribution is 2.21. The Morgan fingerprint density at radius 2 is 1.91 bits per heavy atom. The molecule has 0 aliphatic carbocycles. The second-order valence-electron chi connectivity index (χ2n) is 5.56. The Balaban J connectivity index is 2.03. The number of rotatable bonds is 4. The van der Waals surface area contributed by atoms with Crippen molar-refractivity contribution < 1.29 is 22.0 Å². The average molecular weight is 346 g/mol. The normalized spacial score (nSPS) is 16.8. The molecule has 8 heteroatoms. The van der Waals surface area contributed by atoms with E-state index in [0.29, 0.717) is 32.0 Å². The standard InChI is InChI=1S/C15H20F2N2O3S/c1-3-23(21,22)18(2)12-6-8-19(9-7-12)15(20)13-5-4-11(16)10-14(13)17/h4-5,10,12H,3,6-9H2,1-2H3. The Morgan fingerprint density at radius 1 is 1.30 bits per heavy atom. The molecule has 0 N–H and O–H groups in total. The summed E-state index contributed by atoms with van der Waals surface area (Å²) < 4.78 is 51.7. The summed E-state index contributed by atoms with van der Waals surface area (Å²) in [4.78, 5) is 13.8. The highest BCUT2D eigenvalue weighted by Gasteiger charge is 2.31. The van der Waals surface area contributed by atoms with E-state index in [0.717, 1.165) is 12.1 Å². The Bertz CT molecular complexity index is 686. The highest BCUT2D eigenvalue weighted by atomic mass is 32.2. The minimum atomic E-state index is -3.27. The van der Waals surface area contributed by atoms with E-state index < -0.39 is 27.6 Å². The van der Waals surface area contributed by atoms with Crippen molar-refractivity contribution in [2.24, 2.45) is 0 Å². The fourth-order valence-electron chi connectivity index (χ4n) is 2.70. The summed E-state index contributed by atoms with van der Waals surface area (Å²) in [5.41, 5.74) is -0.167. The molecule has 0 spiro atoms. The molecule has 1 heterocycles. The number of carbonyl (C=O) groups excluding carboxylic acids is 1. The first-order valence-corrected chi connectivity index (χ1v) is 9.07. The van der Waals surface area contributed by atoms with Gasteiger partial charge in [-0.15, -0.1) is 0 Å². The molecular weight excluding hydrogens is 326 g/mol. The van der Waals surface area contributed by atoms with Gasteiger partial charge in [0.2, 0.25) is 10.0 Å². The van der Waals surface area contributed by atoms with Gasteiger partial charge in [-0.1, -0.05) is 0 Å². The number of carbonyl (C=O) groups is 1. The molecule has 1 fully saturated rings. The molecule has 23 heavy (non-hydrogen) atoms. The van der Waals surface area contributed by atoms with Crippen LogP contribution in [-0.2, 0) is 10.0 Å². The van der Waals surface area contributed by atoms with Crippen LogP contribution in [0.1, 0.15) is 30.1 Å². The quantitative estimate of drug-likeness (QED) is 0.836. The molecule has 2 rings (SSSR count). The van der Waals surface area contributed by atoms with Crippen molar-refractivity contribution in [1.82, 2.24) is 9.21 Å².